The van der Waals surface area contributed by atoms with Crippen molar-refractivity contribution in [3.05, 3.63) is 35.8 Å². The largest absolute Gasteiger partial charge is 0.361 e. The molecule has 4 rings (SSSR count). The molecule has 2 heterocycles. The molecule has 0 spiro atoms. The van der Waals surface area contributed by atoms with E-state index in [1.807, 2.05) is 19.3 Å². The van der Waals surface area contributed by atoms with Crippen LogP contribution in [0.4, 0.5) is 4.39 Å². The van der Waals surface area contributed by atoms with Crippen LogP contribution in [0.1, 0.15) is 24.8 Å². The van der Waals surface area contributed by atoms with Gasteiger partial charge in [0, 0.05) is 55.9 Å². The van der Waals surface area contributed by atoms with Crippen LogP contribution in [-0.2, 0) is 6.42 Å². The third kappa shape index (κ3) is 4.49. The van der Waals surface area contributed by atoms with Gasteiger partial charge in [-0.3, -0.25) is 9.89 Å². The highest BCUT2D eigenvalue weighted by molar-refractivity contribution is 14.0. The molecule has 26 heavy (non-hydrogen) atoms. The first-order valence-corrected chi connectivity index (χ1v) is 9.19. The van der Waals surface area contributed by atoms with Gasteiger partial charge in [0.25, 0.3) is 0 Å². The zero-order valence-corrected chi connectivity index (χ0v) is 17.4. The number of aromatic nitrogens is 1. The van der Waals surface area contributed by atoms with Gasteiger partial charge in [-0.25, -0.2) is 4.39 Å². The molecule has 3 N–H and O–H groups in total. The molecule has 142 valence electrons. The van der Waals surface area contributed by atoms with Gasteiger partial charge in [0.15, 0.2) is 5.96 Å². The first-order chi connectivity index (χ1) is 12.2. The van der Waals surface area contributed by atoms with Crippen LogP contribution in [0.25, 0.3) is 10.9 Å². The minimum Gasteiger partial charge on any atom is -0.361 e. The van der Waals surface area contributed by atoms with E-state index in [0.717, 1.165) is 42.4 Å². The molecule has 1 atom stereocenters. The van der Waals surface area contributed by atoms with E-state index in [0.29, 0.717) is 6.04 Å². The Balaban J connectivity index is 0.00000196. The summed E-state index contributed by atoms with van der Waals surface area (Å²) in [5.74, 6) is 0.661. The monoisotopic (exact) mass is 471 g/mol. The maximum Gasteiger partial charge on any atom is 0.191 e. The molecule has 1 aromatic heterocycles. The fourth-order valence-corrected chi connectivity index (χ4v) is 3.75. The normalized spacial score (nSPS) is 21.0. The number of benzene rings is 1. The number of rotatable bonds is 5. The number of guanidine groups is 1. The fraction of sp³-hybridized carbons (Fsp3) is 0.526. The molecule has 1 saturated heterocycles. The van der Waals surface area contributed by atoms with E-state index in [-0.39, 0.29) is 29.8 Å². The van der Waals surface area contributed by atoms with Crippen molar-refractivity contribution in [1.82, 2.24) is 20.5 Å². The molecule has 5 nitrogen and oxygen atoms in total. The number of nitrogens with one attached hydrogen (secondary N) is 3. The molecule has 2 aromatic rings. The number of aliphatic imine (C=N–C) groups is 1. The van der Waals surface area contributed by atoms with Gasteiger partial charge in [-0.1, -0.05) is 0 Å². The number of fused-ring (bicyclic) bond motifs is 1. The Morgan fingerprint density at radius 3 is 2.96 bits per heavy atom. The molecule has 1 aromatic carbocycles. The van der Waals surface area contributed by atoms with Gasteiger partial charge in [-0.15, -0.1) is 24.0 Å². The van der Waals surface area contributed by atoms with Crippen LogP contribution >= 0.6 is 24.0 Å². The zero-order chi connectivity index (χ0) is 17.2. The Hall–Kier alpha value is -1.35. The first-order valence-electron chi connectivity index (χ1n) is 9.19. The highest BCUT2D eigenvalue weighted by Gasteiger charge is 2.34. The number of halogens is 2. The second-order valence-corrected chi connectivity index (χ2v) is 7.11. The van der Waals surface area contributed by atoms with Crippen LogP contribution in [0.15, 0.2) is 29.4 Å². The molecule has 1 aliphatic heterocycles. The van der Waals surface area contributed by atoms with Crippen molar-refractivity contribution in [2.45, 2.75) is 37.8 Å². The van der Waals surface area contributed by atoms with Crippen molar-refractivity contribution in [2.75, 3.05) is 26.7 Å². The number of hydrogen-bond donors (Lipinski definition) is 3. The van der Waals surface area contributed by atoms with E-state index in [1.165, 1.54) is 37.4 Å². The summed E-state index contributed by atoms with van der Waals surface area (Å²) in [4.78, 5) is 10.1. The van der Waals surface area contributed by atoms with Crippen molar-refractivity contribution in [2.24, 2.45) is 4.99 Å². The number of likely N-dealkylation sites (tertiary alicyclic amines) is 1. The highest BCUT2D eigenvalue weighted by atomic mass is 127. The van der Waals surface area contributed by atoms with Crippen molar-refractivity contribution < 1.29 is 4.39 Å². The van der Waals surface area contributed by atoms with Gasteiger partial charge in [-0.05, 0) is 49.4 Å². The Bertz CT molecular complexity index is 770. The molecule has 1 aliphatic carbocycles. The van der Waals surface area contributed by atoms with E-state index in [2.05, 4.69) is 25.5 Å². The average Bonchev–Trinajstić information content (AvgIpc) is 3.24. The van der Waals surface area contributed by atoms with Crippen LogP contribution in [0.3, 0.4) is 0 Å². The summed E-state index contributed by atoms with van der Waals surface area (Å²) in [7, 11) is 1.82. The highest BCUT2D eigenvalue weighted by Crippen LogP contribution is 2.29. The quantitative estimate of drug-likeness (QED) is 0.357. The van der Waals surface area contributed by atoms with Crippen LogP contribution in [-0.4, -0.2) is 54.6 Å². The van der Waals surface area contributed by atoms with E-state index >= 15 is 0 Å². The van der Waals surface area contributed by atoms with E-state index in [1.54, 1.807) is 6.07 Å². The minimum absolute atomic E-state index is 0. The predicted octanol–water partition coefficient (Wildman–Crippen LogP) is 2.87. The first kappa shape index (κ1) is 19.4. The van der Waals surface area contributed by atoms with E-state index in [4.69, 9.17) is 0 Å². The third-order valence-electron chi connectivity index (χ3n) is 5.26. The predicted molar refractivity (Wildman–Crippen MR) is 115 cm³/mol. The van der Waals surface area contributed by atoms with Crippen LogP contribution in [0, 0.1) is 5.82 Å². The van der Waals surface area contributed by atoms with Gasteiger partial charge in [-0.2, -0.15) is 0 Å². The smallest absolute Gasteiger partial charge is 0.191 e. The van der Waals surface area contributed by atoms with Gasteiger partial charge < -0.3 is 15.6 Å². The molecule has 2 aliphatic rings. The zero-order valence-electron chi connectivity index (χ0n) is 15.1. The van der Waals surface area contributed by atoms with Crippen LogP contribution in [0.2, 0.25) is 0 Å². The number of H-pyrrole nitrogens is 1. The molecule has 1 saturated carbocycles. The maximum atomic E-state index is 13.3. The topological polar surface area (TPSA) is 55.5 Å². The Morgan fingerprint density at radius 1 is 1.35 bits per heavy atom. The molecule has 0 radical (unpaired) electrons. The average molecular weight is 471 g/mol. The lowest BCUT2D eigenvalue weighted by Crippen LogP contribution is -2.45. The summed E-state index contributed by atoms with van der Waals surface area (Å²) in [5, 5.41) is 8.03. The van der Waals surface area contributed by atoms with Crippen LogP contribution < -0.4 is 10.6 Å². The Morgan fingerprint density at radius 2 is 2.19 bits per heavy atom. The summed E-state index contributed by atoms with van der Waals surface area (Å²) in [5.41, 5.74) is 2.04. The lowest BCUT2D eigenvalue weighted by molar-refractivity contribution is 0.321. The summed E-state index contributed by atoms with van der Waals surface area (Å²) in [6.07, 6.45) is 6.76. The minimum atomic E-state index is -0.208. The molecule has 1 unspecified atom stereocenters. The van der Waals surface area contributed by atoms with Gasteiger partial charge in [0.2, 0.25) is 0 Å². The second kappa shape index (κ2) is 8.56. The SMILES string of the molecule is CN=C(NCCc1c[nH]c2cc(F)ccc12)NC1CCN(C2CC2)C1.I. The van der Waals surface area contributed by atoms with Crippen molar-refractivity contribution in [1.29, 1.82) is 0 Å². The third-order valence-corrected chi connectivity index (χ3v) is 5.26. The molecule has 2 fully saturated rings. The molecular formula is C19H27FIN5. The fourth-order valence-electron chi connectivity index (χ4n) is 3.75. The van der Waals surface area contributed by atoms with Crippen molar-refractivity contribution in [3.63, 3.8) is 0 Å². The Labute approximate surface area is 170 Å². The van der Waals surface area contributed by atoms with Gasteiger partial charge in [0.1, 0.15) is 5.82 Å². The van der Waals surface area contributed by atoms with E-state index in [9.17, 15) is 4.39 Å². The summed E-state index contributed by atoms with van der Waals surface area (Å²) in [6, 6.07) is 6.23. The van der Waals surface area contributed by atoms with Gasteiger partial charge in [0.05, 0.1) is 0 Å². The summed E-state index contributed by atoms with van der Waals surface area (Å²) >= 11 is 0. The number of nitrogens with zero attached hydrogens (tertiary/aromatic N) is 2. The molecule has 7 heteroatoms. The molecule has 0 amide bonds. The van der Waals surface area contributed by atoms with E-state index < -0.39 is 0 Å². The number of aromatic amines is 1. The lowest BCUT2D eigenvalue weighted by atomic mass is 10.1. The molecule has 0 bridgehead atoms. The second-order valence-electron chi connectivity index (χ2n) is 7.11. The van der Waals surface area contributed by atoms with Crippen molar-refractivity contribution in [3.8, 4) is 0 Å². The summed E-state index contributed by atoms with van der Waals surface area (Å²) < 4.78 is 13.3. The molecular weight excluding hydrogens is 444 g/mol. The Kier molecular flexibility index (Phi) is 6.39. The van der Waals surface area contributed by atoms with Gasteiger partial charge >= 0.3 is 0 Å². The lowest BCUT2D eigenvalue weighted by Gasteiger charge is -2.18. The van der Waals surface area contributed by atoms with Crippen LogP contribution in [0.5, 0.6) is 0 Å². The standard InChI is InChI=1S/C19H26FN5.HI/c1-21-19(24-15-7-9-25(12-15)16-3-4-16)22-8-6-13-11-23-18-10-14(20)2-5-17(13)18;/h2,5,10-11,15-16,23H,3-4,6-9,12H2,1H3,(H2,21,22,24);1H. The number of hydrogen-bond acceptors (Lipinski definition) is 2. The van der Waals surface area contributed by atoms with Crippen molar-refractivity contribution >= 4 is 40.8 Å². The maximum absolute atomic E-state index is 13.3. The summed E-state index contributed by atoms with van der Waals surface area (Å²) in [6.45, 7) is 3.12.